The minimum Gasteiger partial charge on any atom is -0.426 e. The van der Waals surface area contributed by atoms with Crippen LogP contribution in [0.4, 0.5) is 13.2 Å². The van der Waals surface area contributed by atoms with Crippen LogP contribution in [0.2, 0.25) is 0 Å². The van der Waals surface area contributed by atoms with Crippen LogP contribution in [0, 0.1) is 0 Å². The fourth-order valence-corrected chi connectivity index (χ4v) is 2.81. The number of carbonyl (C=O) groups excluding carboxylic acids is 1. The third kappa shape index (κ3) is 3.88. The Morgan fingerprint density at radius 3 is 2.75 bits per heavy atom. The number of carbonyl (C=O) groups is 1. The highest BCUT2D eigenvalue weighted by molar-refractivity contribution is 5.73. The molecule has 0 bridgehead atoms. The van der Waals surface area contributed by atoms with Crippen LogP contribution in [0.15, 0.2) is 24.3 Å². The third-order valence-electron chi connectivity index (χ3n) is 3.75. The van der Waals surface area contributed by atoms with Crippen molar-refractivity contribution in [1.29, 1.82) is 0 Å². The molecular formula is C16H17F3O5. The SMILES string of the molecule is CC1(C)O[C@H]2O[C@H](CC(=O)Oc3cccc(C(F)(F)F)c3)C[C@H]2O1. The van der Waals surface area contributed by atoms with Gasteiger partial charge in [0.2, 0.25) is 0 Å². The molecule has 5 nitrogen and oxygen atoms in total. The van der Waals surface area contributed by atoms with Crippen molar-refractivity contribution in [2.24, 2.45) is 0 Å². The molecule has 3 rings (SSSR count). The molecule has 0 amide bonds. The Morgan fingerprint density at radius 2 is 2.08 bits per heavy atom. The van der Waals surface area contributed by atoms with E-state index in [-0.39, 0.29) is 18.3 Å². The topological polar surface area (TPSA) is 54.0 Å². The number of fused-ring (bicyclic) bond motifs is 1. The number of esters is 1. The zero-order valence-electron chi connectivity index (χ0n) is 13.1. The second-order valence-corrected chi connectivity index (χ2v) is 6.24. The Bertz CT molecular complexity index is 612. The average molecular weight is 346 g/mol. The summed E-state index contributed by atoms with van der Waals surface area (Å²) in [6, 6.07) is 4.18. The van der Waals surface area contributed by atoms with Crippen molar-refractivity contribution in [2.75, 3.05) is 0 Å². The fourth-order valence-electron chi connectivity index (χ4n) is 2.81. The summed E-state index contributed by atoms with van der Waals surface area (Å²) in [5, 5.41) is 0. The van der Waals surface area contributed by atoms with Gasteiger partial charge in [0.1, 0.15) is 11.9 Å². The zero-order valence-corrected chi connectivity index (χ0v) is 13.1. The van der Waals surface area contributed by atoms with E-state index in [9.17, 15) is 18.0 Å². The van der Waals surface area contributed by atoms with Crippen LogP contribution in [-0.2, 0) is 25.2 Å². The van der Waals surface area contributed by atoms with E-state index in [4.69, 9.17) is 18.9 Å². The zero-order chi connectivity index (χ0) is 17.5. The van der Waals surface area contributed by atoms with Crippen molar-refractivity contribution in [3.05, 3.63) is 29.8 Å². The quantitative estimate of drug-likeness (QED) is 0.621. The first-order valence-corrected chi connectivity index (χ1v) is 7.51. The lowest BCUT2D eigenvalue weighted by molar-refractivity contribution is -0.205. The minimum atomic E-state index is -4.49. The standard InChI is InChI=1S/C16H17F3O5/c1-15(2)23-12-7-11(22-14(12)24-15)8-13(20)21-10-5-3-4-9(6-10)16(17,18)19/h3-6,11-12,14H,7-8H2,1-2H3/t11-,12+,14+/m0/s1. The van der Waals surface area contributed by atoms with Crippen molar-refractivity contribution in [1.82, 2.24) is 0 Å². The van der Waals surface area contributed by atoms with Gasteiger partial charge in [-0.1, -0.05) is 6.07 Å². The molecule has 0 aromatic heterocycles. The van der Waals surface area contributed by atoms with Gasteiger partial charge in [-0.2, -0.15) is 13.2 Å². The number of alkyl halides is 3. The number of halogens is 3. The summed E-state index contributed by atoms with van der Waals surface area (Å²) < 4.78 is 59.6. The van der Waals surface area contributed by atoms with Crippen molar-refractivity contribution < 1.29 is 36.9 Å². The van der Waals surface area contributed by atoms with E-state index in [0.717, 1.165) is 12.1 Å². The van der Waals surface area contributed by atoms with Crippen LogP contribution in [0.25, 0.3) is 0 Å². The van der Waals surface area contributed by atoms with Crippen LogP contribution >= 0.6 is 0 Å². The Morgan fingerprint density at radius 1 is 1.33 bits per heavy atom. The van der Waals surface area contributed by atoms with Gasteiger partial charge in [0.15, 0.2) is 12.1 Å². The van der Waals surface area contributed by atoms with Gasteiger partial charge in [0, 0.05) is 6.42 Å². The molecule has 1 aromatic rings. The van der Waals surface area contributed by atoms with Crippen molar-refractivity contribution >= 4 is 5.97 Å². The molecule has 8 heteroatoms. The first kappa shape index (κ1) is 17.2. The van der Waals surface area contributed by atoms with Gasteiger partial charge < -0.3 is 18.9 Å². The molecule has 2 aliphatic heterocycles. The predicted octanol–water partition coefficient (Wildman–Crippen LogP) is 3.27. The minimum absolute atomic E-state index is 0.0869. The lowest BCUT2D eigenvalue weighted by Crippen LogP contribution is -2.26. The molecule has 2 heterocycles. The molecule has 2 aliphatic rings. The summed E-state index contributed by atoms with van der Waals surface area (Å²) in [5.74, 6) is -1.54. The Kier molecular flexibility index (Phi) is 4.31. The predicted molar refractivity (Wildman–Crippen MR) is 75.0 cm³/mol. The number of benzene rings is 1. The molecule has 3 atom stereocenters. The highest BCUT2D eigenvalue weighted by Crippen LogP contribution is 2.38. The monoisotopic (exact) mass is 346 g/mol. The number of hydrogen-bond donors (Lipinski definition) is 0. The fraction of sp³-hybridized carbons (Fsp3) is 0.562. The van der Waals surface area contributed by atoms with E-state index in [0.29, 0.717) is 6.42 Å². The summed E-state index contributed by atoms with van der Waals surface area (Å²) in [5.41, 5.74) is -0.872. The van der Waals surface area contributed by atoms with E-state index < -0.39 is 35.9 Å². The van der Waals surface area contributed by atoms with E-state index in [1.54, 1.807) is 13.8 Å². The normalized spacial score (nSPS) is 28.6. The molecule has 0 radical (unpaired) electrons. The van der Waals surface area contributed by atoms with Crippen LogP contribution in [0.1, 0.15) is 32.3 Å². The summed E-state index contributed by atoms with van der Waals surface area (Å²) in [6.45, 7) is 3.54. The Balaban J connectivity index is 1.54. The smallest absolute Gasteiger partial charge is 0.416 e. The van der Waals surface area contributed by atoms with Crippen LogP contribution in [-0.4, -0.2) is 30.3 Å². The second-order valence-electron chi connectivity index (χ2n) is 6.24. The second kappa shape index (κ2) is 6.02. The summed E-state index contributed by atoms with van der Waals surface area (Å²) >= 11 is 0. The number of hydrogen-bond acceptors (Lipinski definition) is 5. The van der Waals surface area contributed by atoms with Gasteiger partial charge in [-0.25, -0.2) is 0 Å². The van der Waals surface area contributed by atoms with Crippen LogP contribution in [0.5, 0.6) is 5.75 Å². The Hall–Kier alpha value is -1.64. The Labute approximate surface area is 136 Å². The number of ether oxygens (including phenoxy) is 4. The molecule has 0 aliphatic carbocycles. The molecule has 24 heavy (non-hydrogen) atoms. The largest absolute Gasteiger partial charge is 0.426 e. The van der Waals surface area contributed by atoms with Crippen molar-refractivity contribution in [2.45, 2.75) is 57.2 Å². The van der Waals surface area contributed by atoms with Crippen LogP contribution in [0.3, 0.4) is 0 Å². The molecular weight excluding hydrogens is 329 g/mol. The number of rotatable bonds is 3. The van der Waals surface area contributed by atoms with E-state index in [1.165, 1.54) is 12.1 Å². The maximum atomic E-state index is 12.6. The molecule has 2 fully saturated rings. The van der Waals surface area contributed by atoms with Crippen molar-refractivity contribution in [3.8, 4) is 5.75 Å². The van der Waals surface area contributed by atoms with Gasteiger partial charge in [-0.3, -0.25) is 4.79 Å². The molecule has 132 valence electrons. The van der Waals surface area contributed by atoms with Gasteiger partial charge in [0.25, 0.3) is 0 Å². The first-order chi connectivity index (χ1) is 11.1. The molecule has 2 saturated heterocycles. The van der Waals surface area contributed by atoms with Crippen LogP contribution < -0.4 is 4.74 Å². The molecule has 0 spiro atoms. The summed E-state index contributed by atoms with van der Waals surface area (Å²) in [4.78, 5) is 11.9. The third-order valence-corrected chi connectivity index (χ3v) is 3.75. The summed E-state index contributed by atoms with van der Waals surface area (Å²) in [6.07, 6.45) is -5.36. The average Bonchev–Trinajstić information content (AvgIpc) is 2.90. The van der Waals surface area contributed by atoms with E-state index in [1.807, 2.05) is 0 Å². The van der Waals surface area contributed by atoms with Gasteiger partial charge in [-0.15, -0.1) is 0 Å². The highest BCUT2D eigenvalue weighted by Gasteiger charge is 2.48. The molecule has 1 aromatic carbocycles. The molecule has 0 saturated carbocycles. The summed E-state index contributed by atoms with van der Waals surface area (Å²) in [7, 11) is 0. The first-order valence-electron chi connectivity index (χ1n) is 7.51. The maximum absolute atomic E-state index is 12.6. The van der Waals surface area contributed by atoms with Gasteiger partial charge in [0.05, 0.1) is 18.1 Å². The van der Waals surface area contributed by atoms with E-state index in [2.05, 4.69) is 0 Å². The van der Waals surface area contributed by atoms with E-state index >= 15 is 0 Å². The molecule has 0 unspecified atom stereocenters. The highest BCUT2D eigenvalue weighted by atomic mass is 19.4. The lowest BCUT2D eigenvalue weighted by atomic mass is 10.1. The van der Waals surface area contributed by atoms with Crippen molar-refractivity contribution in [3.63, 3.8) is 0 Å². The maximum Gasteiger partial charge on any atom is 0.416 e. The van der Waals surface area contributed by atoms with Gasteiger partial charge >= 0.3 is 12.1 Å². The molecule has 0 N–H and O–H groups in total. The lowest BCUT2D eigenvalue weighted by Gasteiger charge is -2.20. The van der Waals surface area contributed by atoms with Gasteiger partial charge in [-0.05, 0) is 32.0 Å².